The quantitative estimate of drug-likeness (QED) is 0.646. The van der Waals surface area contributed by atoms with Gasteiger partial charge in [-0.3, -0.25) is 0 Å². The second-order valence-electron chi connectivity index (χ2n) is 8.93. The Kier molecular flexibility index (Phi) is 5.14. The van der Waals surface area contributed by atoms with E-state index in [0.717, 1.165) is 29.3 Å². The van der Waals surface area contributed by atoms with Gasteiger partial charge in [-0.1, -0.05) is 48.5 Å². The van der Waals surface area contributed by atoms with Crippen LogP contribution in [0.4, 0.5) is 14.9 Å². The van der Waals surface area contributed by atoms with E-state index in [1.807, 2.05) is 54.6 Å². The highest BCUT2D eigenvalue weighted by molar-refractivity contribution is 6.03. The highest BCUT2D eigenvalue weighted by atomic mass is 19.1. The third-order valence-corrected chi connectivity index (χ3v) is 7.07. The van der Waals surface area contributed by atoms with Crippen molar-refractivity contribution >= 4 is 22.6 Å². The fraction of sp³-hybridized carbons (Fsp3) is 0.346. The summed E-state index contributed by atoms with van der Waals surface area (Å²) in [5, 5.41) is 13.6. The summed E-state index contributed by atoms with van der Waals surface area (Å²) in [7, 11) is 0. The Hall–Kier alpha value is -2.96. The van der Waals surface area contributed by atoms with Gasteiger partial charge >= 0.3 is 6.09 Å². The van der Waals surface area contributed by atoms with Gasteiger partial charge in [-0.05, 0) is 42.5 Å². The summed E-state index contributed by atoms with van der Waals surface area (Å²) in [6.45, 7) is 3.96. The average molecular weight is 435 g/mol. The predicted molar refractivity (Wildman–Crippen MR) is 122 cm³/mol. The largest absolute Gasteiger partial charge is 0.437 e. The van der Waals surface area contributed by atoms with Crippen LogP contribution < -0.4 is 4.90 Å². The number of hydrogen-bond acceptors (Lipinski definition) is 4. The van der Waals surface area contributed by atoms with Gasteiger partial charge in [0, 0.05) is 37.9 Å². The lowest BCUT2D eigenvalue weighted by Gasteiger charge is -2.45. The summed E-state index contributed by atoms with van der Waals surface area (Å²) in [5.74, 6) is -0.227. The molecule has 1 N–H and O–H groups in total. The van der Waals surface area contributed by atoms with Crippen LogP contribution in [0.25, 0.3) is 10.8 Å². The number of halogens is 1. The summed E-state index contributed by atoms with van der Waals surface area (Å²) >= 11 is 0. The van der Waals surface area contributed by atoms with Crippen LogP contribution in [0.1, 0.15) is 25.3 Å². The van der Waals surface area contributed by atoms with Crippen LogP contribution in [-0.4, -0.2) is 47.1 Å². The Morgan fingerprint density at radius 2 is 1.69 bits per heavy atom. The van der Waals surface area contributed by atoms with Crippen molar-refractivity contribution in [3.8, 4) is 0 Å². The van der Waals surface area contributed by atoms with Crippen LogP contribution in [0.2, 0.25) is 0 Å². The number of hydrogen-bond donors (Lipinski definition) is 1. The Bertz CT molecular complexity index is 1130. The number of nitrogens with zero attached hydrogens (tertiary/aromatic N) is 2. The third-order valence-electron chi connectivity index (χ3n) is 7.07. The molecule has 2 aliphatic rings. The van der Waals surface area contributed by atoms with E-state index in [-0.39, 0.29) is 5.82 Å². The number of carbonyl (C=O) groups is 1. The number of benzene rings is 3. The first-order valence-corrected chi connectivity index (χ1v) is 11.1. The van der Waals surface area contributed by atoms with Crippen molar-refractivity contribution in [2.45, 2.75) is 37.5 Å². The third kappa shape index (κ3) is 3.44. The van der Waals surface area contributed by atoms with E-state index in [9.17, 15) is 14.3 Å². The lowest BCUT2D eigenvalue weighted by molar-refractivity contribution is -0.124. The number of rotatable bonds is 4. The molecule has 1 atom stereocenters. The number of piperidine rings is 1. The van der Waals surface area contributed by atoms with Crippen LogP contribution in [-0.2, 0) is 11.2 Å². The number of fused-ring (bicyclic) bond motifs is 1. The van der Waals surface area contributed by atoms with Gasteiger partial charge in [0.05, 0.1) is 5.69 Å². The Balaban J connectivity index is 1.33. The van der Waals surface area contributed by atoms with Crippen LogP contribution in [0.3, 0.4) is 0 Å². The Labute approximate surface area is 187 Å². The van der Waals surface area contributed by atoms with E-state index in [1.165, 1.54) is 17.0 Å². The van der Waals surface area contributed by atoms with Gasteiger partial charge in [0.15, 0.2) is 11.3 Å². The fourth-order valence-corrected chi connectivity index (χ4v) is 5.08. The zero-order valence-corrected chi connectivity index (χ0v) is 18.1. The lowest BCUT2D eigenvalue weighted by atomic mass is 9.81. The van der Waals surface area contributed by atoms with Crippen molar-refractivity contribution < 1.29 is 19.0 Å². The van der Waals surface area contributed by atoms with E-state index in [1.54, 1.807) is 6.92 Å². The van der Waals surface area contributed by atoms with Crippen molar-refractivity contribution in [2.24, 2.45) is 0 Å². The molecule has 6 heteroatoms. The lowest BCUT2D eigenvalue weighted by Crippen LogP contribution is -2.60. The number of ether oxygens (including phenoxy) is 1. The normalized spacial score (nSPS) is 23.1. The first kappa shape index (κ1) is 20.9. The molecule has 3 aromatic rings. The van der Waals surface area contributed by atoms with Crippen LogP contribution in [0, 0.1) is 5.82 Å². The van der Waals surface area contributed by atoms with Crippen molar-refractivity contribution in [1.29, 1.82) is 0 Å². The van der Waals surface area contributed by atoms with Gasteiger partial charge < -0.3 is 14.7 Å². The monoisotopic (exact) mass is 434 g/mol. The van der Waals surface area contributed by atoms with Crippen LogP contribution in [0.5, 0.6) is 0 Å². The van der Waals surface area contributed by atoms with Gasteiger partial charge in [-0.2, -0.15) is 0 Å². The average Bonchev–Trinajstić information content (AvgIpc) is 2.98. The molecule has 5 nitrogen and oxygen atoms in total. The van der Waals surface area contributed by atoms with Crippen molar-refractivity contribution in [3.05, 3.63) is 78.1 Å². The summed E-state index contributed by atoms with van der Waals surface area (Å²) in [5.41, 5.74) is -0.660. The van der Waals surface area contributed by atoms with Gasteiger partial charge in [-0.25, -0.2) is 14.1 Å². The highest BCUT2D eigenvalue weighted by Gasteiger charge is 2.63. The maximum Gasteiger partial charge on any atom is 0.417 e. The first-order valence-electron chi connectivity index (χ1n) is 11.1. The molecule has 0 aliphatic carbocycles. The molecule has 0 aromatic heterocycles. The summed E-state index contributed by atoms with van der Waals surface area (Å²) in [6.07, 6.45) is 1.42. The van der Waals surface area contributed by atoms with Crippen LogP contribution in [0.15, 0.2) is 66.7 Å². The minimum absolute atomic E-state index is 0.227. The first-order chi connectivity index (χ1) is 15.4. The molecule has 1 amide bonds. The van der Waals surface area contributed by atoms with Crippen LogP contribution >= 0.6 is 0 Å². The molecule has 32 heavy (non-hydrogen) atoms. The topological polar surface area (TPSA) is 53.0 Å². The minimum atomic E-state index is -1.46. The molecule has 2 aliphatic heterocycles. The zero-order valence-electron chi connectivity index (χ0n) is 18.1. The van der Waals surface area contributed by atoms with Gasteiger partial charge in [0.2, 0.25) is 0 Å². The van der Waals surface area contributed by atoms with Gasteiger partial charge in [0.25, 0.3) is 0 Å². The number of likely N-dealkylation sites (tertiary alicyclic amines) is 1. The highest BCUT2D eigenvalue weighted by Crippen LogP contribution is 2.47. The molecule has 2 heterocycles. The SMILES string of the molecule is CC1(O)N(c2cccc3ccccc23)C(=O)OC12CCN(CCc1ccc(F)cc1)CC2. The van der Waals surface area contributed by atoms with Crippen molar-refractivity contribution in [3.63, 3.8) is 0 Å². The minimum Gasteiger partial charge on any atom is -0.437 e. The number of carbonyl (C=O) groups excluding carboxylic acids is 1. The zero-order chi connectivity index (χ0) is 22.3. The standard InChI is InChI=1S/C26H27FN2O3/c1-25(31)26(14-17-28(18-15-26)16-13-19-9-11-21(27)12-10-19)32-24(30)29(25)23-8-4-6-20-5-2-3-7-22(20)23/h2-12,31H,13-18H2,1H3. The summed E-state index contributed by atoms with van der Waals surface area (Å²) < 4.78 is 19.0. The number of amides is 1. The molecule has 0 bridgehead atoms. The molecule has 2 fully saturated rings. The second kappa shape index (κ2) is 7.87. The fourth-order valence-electron chi connectivity index (χ4n) is 5.08. The molecular weight excluding hydrogens is 407 g/mol. The maximum atomic E-state index is 13.1. The summed E-state index contributed by atoms with van der Waals surface area (Å²) in [6, 6.07) is 20.2. The smallest absolute Gasteiger partial charge is 0.417 e. The molecule has 1 unspecified atom stereocenters. The van der Waals surface area contributed by atoms with Crippen molar-refractivity contribution in [2.75, 3.05) is 24.5 Å². The Morgan fingerprint density at radius 3 is 2.44 bits per heavy atom. The van der Waals surface area contributed by atoms with E-state index in [4.69, 9.17) is 4.74 Å². The molecule has 3 aromatic carbocycles. The van der Waals surface area contributed by atoms with E-state index >= 15 is 0 Å². The van der Waals surface area contributed by atoms with Crippen molar-refractivity contribution in [1.82, 2.24) is 4.90 Å². The predicted octanol–water partition coefficient (Wildman–Crippen LogP) is 4.72. The number of anilines is 1. The van der Waals surface area contributed by atoms with Gasteiger partial charge in [0.1, 0.15) is 5.82 Å². The maximum absolute atomic E-state index is 13.1. The van der Waals surface area contributed by atoms with E-state index in [2.05, 4.69) is 4.90 Å². The molecule has 166 valence electrons. The van der Waals surface area contributed by atoms with E-state index < -0.39 is 17.4 Å². The summed E-state index contributed by atoms with van der Waals surface area (Å²) in [4.78, 5) is 16.8. The number of aliphatic hydroxyl groups is 1. The second-order valence-corrected chi connectivity index (χ2v) is 8.93. The Morgan fingerprint density at radius 1 is 1.00 bits per heavy atom. The molecule has 0 radical (unpaired) electrons. The van der Waals surface area contributed by atoms with E-state index in [0.29, 0.717) is 31.6 Å². The molecular formula is C26H27FN2O3. The molecule has 2 saturated heterocycles. The molecule has 0 saturated carbocycles. The molecule has 5 rings (SSSR count). The van der Waals surface area contributed by atoms with Gasteiger partial charge in [-0.15, -0.1) is 0 Å². The molecule has 1 spiro atoms.